The van der Waals surface area contributed by atoms with Crippen LogP contribution in [0.25, 0.3) is 0 Å². The van der Waals surface area contributed by atoms with Crippen molar-refractivity contribution in [3.63, 3.8) is 0 Å². The van der Waals surface area contributed by atoms with Gasteiger partial charge in [0.25, 0.3) is 0 Å². The predicted molar refractivity (Wildman–Crippen MR) is 47.6 cm³/mol. The van der Waals surface area contributed by atoms with E-state index in [1.807, 2.05) is 6.92 Å². The highest BCUT2D eigenvalue weighted by molar-refractivity contribution is 8.14. The third-order valence-electron chi connectivity index (χ3n) is 0.877. The molecule has 0 amide bonds. The molecule has 0 aliphatic carbocycles. The number of hydrazone groups is 2. The summed E-state index contributed by atoms with van der Waals surface area (Å²) >= 11 is 1.55. The highest BCUT2D eigenvalue weighted by Gasteiger charge is 2.05. The molecule has 58 valence electrons. The monoisotopic (exact) mass is 180 g/mol. The number of nitrogens with zero attached hydrogens (tertiary/aromatic N) is 2. The number of hydrogen-bond acceptors (Lipinski definition) is 4. The lowest BCUT2D eigenvalue weighted by molar-refractivity contribution is 1.01. The van der Waals surface area contributed by atoms with Crippen molar-refractivity contribution in [2.24, 2.45) is 16.0 Å². The smallest absolute Gasteiger partial charge is 0.200 e. The number of hydrogen-bond donors (Lipinski definition) is 2. The van der Waals surface area contributed by atoms with Gasteiger partial charge >= 0.3 is 0 Å². The molecule has 0 spiro atoms. The van der Waals surface area contributed by atoms with Crippen LogP contribution >= 0.6 is 24.2 Å². The Balaban J connectivity index is 0.000000810. The maximum Gasteiger partial charge on any atom is 0.200 e. The van der Waals surface area contributed by atoms with Gasteiger partial charge < -0.3 is 5.84 Å². The van der Waals surface area contributed by atoms with Gasteiger partial charge in [0.15, 0.2) is 0 Å². The van der Waals surface area contributed by atoms with Crippen molar-refractivity contribution < 1.29 is 0 Å². The Morgan fingerprint density at radius 3 is 2.90 bits per heavy atom. The van der Waals surface area contributed by atoms with Crippen molar-refractivity contribution in [3.05, 3.63) is 0 Å². The zero-order chi connectivity index (χ0) is 6.69. The van der Waals surface area contributed by atoms with Crippen LogP contribution in [0.2, 0.25) is 0 Å². The topological polar surface area (TPSA) is 62.8 Å². The molecular weight excluding hydrogens is 172 g/mol. The van der Waals surface area contributed by atoms with Crippen molar-refractivity contribution in [1.82, 2.24) is 5.43 Å². The predicted octanol–water partition coefficient (Wildman–Crippen LogP) is 0.350. The van der Waals surface area contributed by atoms with Crippen LogP contribution in [0, 0.1) is 0 Å². The highest BCUT2D eigenvalue weighted by atomic mass is 35.5. The largest absolute Gasteiger partial charge is 0.321 e. The highest BCUT2D eigenvalue weighted by Crippen LogP contribution is 2.05. The lowest BCUT2D eigenvalue weighted by Crippen LogP contribution is -2.24. The van der Waals surface area contributed by atoms with E-state index in [1.165, 1.54) is 0 Å². The lowest BCUT2D eigenvalue weighted by Gasteiger charge is -2.09. The van der Waals surface area contributed by atoms with Crippen molar-refractivity contribution in [2.75, 3.05) is 5.75 Å². The normalized spacial score (nSPS) is 20.9. The molecule has 1 aliphatic rings. The van der Waals surface area contributed by atoms with Crippen molar-refractivity contribution in [3.8, 4) is 0 Å². The number of thioether (sulfide) groups is 1. The average Bonchev–Trinajstić information content (AvgIpc) is 1.90. The van der Waals surface area contributed by atoms with Gasteiger partial charge in [-0.2, -0.15) is 10.2 Å². The first kappa shape index (κ1) is 9.58. The van der Waals surface area contributed by atoms with E-state index in [2.05, 4.69) is 15.6 Å². The molecule has 0 saturated carbocycles. The molecule has 0 aromatic heterocycles. The molecule has 0 bridgehead atoms. The Morgan fingerprint density at radius 1 is 1.80 bits per heavy atom. The zero-order valence-electron chi connectivity index (χ0n) is 5.50. The van der Waals surface area contributed by atoms with Crippen molar-refractivity contribution in [1.29, 1.82) is 0 Å². The quantitative estimate of drug-likeness (QED) is 0.418. The standard InChI is InChI=1S/C4H8N4S.ClH/c1-3-2-9-4(6-5)8-7-3;/h2,5H2,1H3,(H,6,8);1H. The summed E-state index contributed by atoms with van der Waals surface area (Å²) in [5.41, 5.74) is 3.76. The fraction of sp³-hybridized carbons (Fsp3) is 0.500. The van der Waals surface area contributed by atoms with Gasteiger partial charge in [-0.3, -0.25) is 5.43 Å². The van der Waals surface area contributed by atoms with Crippen molar-refractivity contribution in [2.45, 2.75) is 6.92 Å². The van der Waals surface area contributed by atoms with E-state index < -0.39 is 0 Å². The summed E-state index contributed by atoms with van der Waals surface area (Å²) in [4.78, 5) is 0. The fourth-order valence-electron chi connectivity index (χ4n) is 0.447. The van der Waals surface area contributed by atoms with Gasteiger partial charge in [-0.1, -0.05) is 11.8 Å². The second-order valence-corrected chi connectivity index (χ2v) is 2.65. The van der Waals surface area contributed by atoms with Crippen LogP contribution in [0.15, 0.2) is 10.2 Å². The molecule has 0 aromatic rings. The van der Waals surface area contributed by atoms with Crippen LogP contribution in [0.4, 0.5) is 0 Å². The third-order valence-corrected chi connectivity index (χ3v) is 1.91. The molecule has 6 heteroatoms. The van der Waals surface area contributed by atoms with Gasteiger partial charge in [-0.05, 0) is 6.92 Å². The average molecular weight is 181 g/mol. The summed E-state index contributed by atoms with van der Waals surface area (Å²) in [6.07, 6.45) is 0. The summed E-state index contributed by atoms with van der Waals surface area (Å²) < 4.78 is 0. The Hall–Kier alpha value is -0.420. The number of nitrogens with two attached hydrogens (primary N) is 1. The van der Waals surface area contributed by atoms with E-state index in [0.29, 0.717) is 5.17 Å². The van der Waals surface area contributed by atoms with Crippen LogP contribution in [0.3, 0.4) is 0 Å². The van der Waals surface area contributed by atoms with Gasteiger partial charge in [0.05, 0.1) is 0 Å². The summed E-state index contributed by atoms with van der Waals surface area (Å²) in [6, 6.07) is 0. The summed E-state index contributed by atoms with van der Waals surface area (Å²) in [5, 5.41) is 8.04. The number of nitrogens with one attached hydrogen (secondary N) is 1. The summed E-state index contributed by atoms with van der Waals surface area (Å²) in [5.74, 6) is 5.86. The van der Waals surface area contributed by atoms with E-state index in [9.17, 15) is 0 Å². The molecule has 0 atom stereocenters. The molecule has 0 fully saturated rings. The molecule has 0 aromatic carbocycles. The zero-order valence-corrected chi connectivity index (χ0v) is 7.13. The molecule has 1 rings (SSSR count). The van der Waals surface area contributed by atoms with Crippen LogP contribution in [-0.4, -0.2) is 16.6 Å². The van der Waals surface area contributed by atoms with E-state index in [1.54, 1.807) is 11.8 Å². The summed E-state index contributed by atoms with van der Waals surface area (Å²) in [6.45, 7) is 1.95. The van der Waals surface area contributed by atoms with Crippen LogP contribution < -0.4 is 11.3 Å². The van der Waals surface area contributed by atoms with E-state index >= 15 is 0 Å². The first-order valence-corrected chi connectivity index (χ1v) is 3.51. The van der Waals surface area contributed by atoms with Crippen molar-refractivity contribution >= 4 is 35.0 Å². The first-order chi connectivity index (χ1) is 4.33. The van der Waals surface area contributed by atoms with Gasteiger partial charge in [-0.15, -0.1) is 12.4 Å². The third kappa shape index (κ3) is 2.45. The van der Waals surface area contributed by atoms with Gasteiger partial charge in [0, 0.05) is 11.5 Å². The fourth-order valence-corrected chi connectivity index (χ4v) is 1.04. The minimum atomic E-state index is 0. The minimum absolute atomic E-state index is 0. The number of amidine groups is 1. The minimum Gasteiger partial charge on any atom is -0.321 e. The lowest BCUT2D eigenvalue weighted by atomic mass is 10.5. The molecule has 1 heterocycles. The molecule has 0 unspecified atom stereocenters. The van der Waals surface area contributed by atoms with Crippen LogP contribution in [0.5, 0.6) is 0 Å². The van der Waals surface area contributed by atoms with Gasteiger partial charge in [0.1, 0.15) is 0 Å². The Bertz CT molecular complexity index is 167. The van der Waals surface area contributed by atoms with Gasteiger partial charge in [0.2, 0.25) is 5.17 Å². The van der Waals surface area contributed by atoms with Gasteiger partial charge in [-0.25, -0.2) is 0 Å². The molecule has 10 heavy (non-hydrogen) atoms. The summed E-state index contributed by atoms with van der Waals surface area (Å²) in [7, 11) is 0. The molecule has 1 aliphatic heterocycles. The van der Waals surface area contributed by atoms with E-state index in [4.69, 9.17) is 5.84 Å². The maximum absolute atomic E-state index is 4.98. The maximum atomic E-state index is 4.98. The number of halogens is 1. The van der Waals surface area contributed by atoms with Crippen LogP contribution in [-0.2, 0) is 0 Å². The Morgan fingerprint density at radius 2 is 2.50 bits per heavy atom. The molecule has 0 radical (unpaired) electrons. The molecule has 4 nitrogen and oxygen atoms in total. The second-order valence-electron chi connectivity index (χ2n) is 1.68. The second kappa shape index (κ2) is 4.40. The number of rotatable bonds is 0. The molecule has 0 saturated heterocycles. The van der Waals surface area contributed by atoms with E-state index in [0.717, 1.165) is 11.5 Å². The molecular formula is C4H9ClN4S. The SMILES string of the molecule is CC1=NN/C(=N\N)SC1.Cl. The Kier molecular flexibility index (Phi) is 4.22. The Labute approximate surface area is 69.7 Å². The van der Waals surface area contributed by atoms with Crippen LogP contribution in [0.1, 0.15) is 6.92 Å². The molecule has 3 N–H and O–H groups in total. The first-order valence-electron chi connectivity index (χ1n) is 2.53. The van der Waals surface area contributed by atoms with E-state index in [-0.39, 0.29) is 12.4 Å².